The van der Waals surface area contributed by atoms with Crippen molar-refractivity contribution in [3.8, 4) is 11.5 Å². The number of ether oxygens (including phenoxy) is 3. The molecule has 0 saturated carbocycles. The highest BCUT2D eigenvalue weighted by atomic mass is 19.3. The van der Waals surface area contributed by atoms with Crippen molar-refractivity contribution >= 4 is 5.97 Å². The Balaban J connectivity index is 1.76. The van der Waals surface area contributed by atoms with Gasteiger partial charge in [0.2, 0.25) is 0 Å². The summed E-state index contributed by atoms with van der Waals surface area (Å²) in [4.78, 5) is 11.4. The molecule has 20 heavy (non-hydrogen) atoms. The summed E-state index contributed by atoms with van der Waals surface area (Å²) in [5, 5.41) is 3.05. The monoisotopic (exact) mass is 285 g/mol. The first-order chi connectivity index (χ1) is 9.48. The van der Waals surface area contributed by atoms with Crippen LogP contribution in [0.2, 0.25) is 0 Å². The van der Waals surface area contributed by atoms with Gasteiger partial charge in [0.15, 0.2) is 11.5 Å². The molecule has 2 aliphatic rings. The van der Waals surface area contributed by atoms with Gasteiger partial charge >= 0.3 is 12.3 Å². The molecule has 1 saturated heterocycles. The number of esters is 1. The van der Waals surface area contributed by atoms with E-state index in [0.717, 1.165) is 5.56 Å². The Hall–Kier alpha value is -1.89. The molecule has 0 aliphatic carbocycles. The van der Waals surface area contributed by atoms with Crippen molar-refractivity contribution in [2.75, 3.05) is 13.7 Å². The molecule has 2 heterocycles. The van der Waals surface area contributed by atoms with E-state index in [9.17, 15) is 13.6 Å². The number of hydrogen-bond acceptors (Lipinski definition) is 5. The minimum absolute atomic E-state index is 0.0222. The number of nitrogens with one attached hydrogen (secondary N) is 1. The Kier molecular flexibility index (Phi) is 3.01. The number of methoxy groups -OCH3 is 1. The van der Waals surface area contributed by atoms with E-state index in [1.165, 1.54) is 19.2 Å². The van der Waals surface area contributed by atoms with E-state index in [0.29, 0.717) is 13.0 Å². The third kappa shape index (κ3) is 2.29. The van der Waals surface area contributed by atoms with Crippen molar-refractivity contribution < 1.29 is 27.8 Å². The van der Waals surface area contributed by atoms with Gasteiger partial charge < -0.3 is 19.5 Å². The van der Waals surface area contributed by atoms with Gasteiger partial charge in [-0.1, -0.05) is 6.07 Å². The van der Waals surface area contributed by atoms with Gasteiger partial charge in [0.1, 0.15) is 6.04 Å². The van der Waals surface area contributed by atoms with Gasteiger partial charge in [-0.05, 0) is 30.0 Å². The Morgan fingerprint density at radius 2 is 2.15 bits per heavy atom. The van der Waals surface area contributed by atoms with Crippen LogP contribution in [0.15, 0.2) is 18.2 Å². The maximum atomic E-state index is 12.9. The fourth-order valence-electron chi connectivity index (χ4n) is 2.53. The molecule has 1 fully saturated rings. The van der Waals surface area contributed by atoms with Crippen LogP contribution in [0.4, 0.5) is 8.78 Å². The zero-order valence-corrected chi connectivity index (χ0v) is 10.7. The third-order valence-corrected chi connectivity index (χ3v) is 3.51. The molecule has 7 heteroatoms. The van der Waals surface area contributed by atoms with E-state index in [2.05, 4.69) is 19.5 Å². The van der Waals surface area contributed by atoms with E-state index in [4.69, 9.17) is 0 Å². The lowest BCUT2D eigenvalue weighted by Gasteiger charge is -2.10. The van der Waals surface area contributed by atoms with Crippen LogP contribution in [0.25, 0.3) is 0 Å². The smallest absolute Gasteiger partial charge is 0.468 e. The van der Waals surface area contributed by atoms with Crippen LogP contribution < -0.4 is 14.8 Å². The lowest BCUT2D eigenvalue weighted by Crippen LogP contribution is -2.31. The van der Waals surface area contributed by atoms with Crippen LogP contribution >= 0.6 is 0 Å². The lowest BCUT2D eigenvalue weighted by atomic mass is 9.96. The molecule has 0 spiro atoms. The highest BCUT2D eigenvalue weighted by Crippen LogP contribution is 2.43. The van der Waals surface area contributed by atoms with Gasteiger partial charge in [0, 0.05) is 6.54 Å². The normalized spacial score (nSPS) is 26.6. The molecule has 2 unspecified atom stereocenters. The Bertz CT molecular complexity index is 549. The fourth-order valence-corrected chi connectivity index (χ4v) is 2.53. The molecule has 0 radical (unpaired) electrons. The summed E-state index contributed by atoms with van der Waals surface area (Å²) in [6.07, 6.45) is -3.05. The average molecular weight is 285 g/mol. The summed E-state index contributed by atoms with van der Waals surface area (Å²) in [6, 6.07) is 4.33. The van der Waals surface area contributed by atoms with Gasteiger partial charge in [-0.3, -0.25) is 4.79 Å². The number of hydrogen-bond donors (Lipinski definition) is 1. The van der Waals surface area contributed by atoms with Crippen LogP contribution in [0.1, 0.15) is 17.9 Å². The SMILES string of the molecule is COC(=O)C1CC(c2ccc3c(c2)OC(F)(F)O3)CN1. The highest BCUT2D eigenvalue weighted by molar-refractivity contribution is 5.76. The molecule has 1 aromatic carbocycles. The minimum Gasteiger partial charge on any atom is -0.468 e. The van der Waals surface area contributed by atoms with Crippen molar-refractivity contribution in [1.29, 1.82) is 0 Å². The van der Waals surface area contributed by atoms with E-state index in [-0.39, 0.29) is 29.4 Å². The highest BCUT2D eigenvalue weighted by Gasteiger charge is 2.43. The van der Waals surface area contributed by atoms with Gasteiger partial charge in [-0.15, -0.1) is 8.78 Å². The van der Waals surface area contributed by atoms with Crippen molar-refractivity contribution in [1.82, 2.24) is 5.32 Å². The summed E-state index contributed by atoms with van der Waals surface area (Å²) in [5.74, 6) is -0.231. The predicted molar refractivity (Wildman–Crippen MR) is 63.8 cm³/mol. The molecular formula is C13H13F2NO4. The van der Waals surface area contributed by atoms with Crippen molar-refractivity contribution in [2.24, 2.45) is 0 Å². The number of rotatable bonds is 2. The predicted octanol–water partition coefficient (Wildman–Crippen LogP) is 1.63. The fraction of sp³-hybridized carbons (Fsp3) is 0.462. The van der Waals surface area contributed by atoms with Crippen LogP contribution in [0, 0.1) is 0 Å². The third-order valence-electron chi connectivity index (χ3n) is 3.51. The van der Waals surface area contributed by atoms with Gasteiger partial charge in [0.25, 0.3) is 0 Å². The lowest BCUT2D eigenvalue weighted by molar-refractivity contribution is -0.286. The molecule has 2 atom stereocenters. The molecule has 0 bridgehead atoms. The second-order valence-electron chi connectivity index (χ2n) is 4.79. The molecule has 2 aliphatic heterocycles. The summed E-state index contributed by atoms with van der Waals surface area (Å²) in [6.45, 7) is 0.579. The quantitative estimate of drug-likeness (QED) is 0.837. The maximum absolute atomic E-state index is 12.9. The summed E-state index contributed by atoms with van der Waals surface area (Å²) < 4.78 is 39.3. The minimum atomic E-state index is -3.61. The average Bonchev–Trinajstić information content (AvgIpc) is 2.99. The van der Waals surface area contributed by atoms with Crippen LogP contribution in [0.5, 0.6) is 11.5 Å². The first-order valence-electron chi connectivity index (χ1n) is 6.19. The number of alkyl halides is 2. The number of carbonyl (C=O) groups excluding carboxylic acids is 1. The maximum Gasteiger partial charge on any atom is 0.586 e. The molecule has 5 nitrogen and oxygen atoms in total. The number of fused-ring (bicyclic) bond motifs is 1. The largest absolute Gasteiger partial charge is 0.586 e. The van der Waals surface area contributed by atoms with Crippen molar-refractivity contribution in [3.05, 3.63) is 23.8 Å². The molecule has 0 aromatic heterocycles. The van der Waals surface area contributed by atoms with Crippen molar-refractivity contribution in [3.63, 3.8) is 0 Å². The molecule has 3 rings (SSSR count). The van der Waals surface area contributed by atoms with E-state index in [1.807, 2.05) is 0 Å². The number of carbonyl (C=O) groups is 1. The molecule has 0 amide bonds. The summed E-state index contributed by atoms with van der Waals surface area (Å²) in [7, 11) is 1.33. The Labute approximate surface area is 113 Å². The van der Waals surface area contributed by atoms with Gasteiger partial charge in [-0.25, -0.2) is 0 Å². The van der Waals surface area contributed by atoms with E-state index >= 15 is 0 Å². The van der Waals surface area contributed by atoms with Crippen LogP contribution in [-0.2, 0) is 9.53 Å². The first-order valence-corrected chi connectivity index (χ1v) is 6.19. The van der Waals surface area contributed by atoms with Gasteiger partial charge in [-0.2, -0.15) is 0 Å². The second kappa shape index (κ2) is 4.59. The summed E-state index contributed by atoms with van der Waals surface area (Å²) in [5.41, 5.74) is 0.823. The van der Waals surface area contributed by atoms with E-state index < -0.39 is 6.29 Å². The first kappa shape index (κ1) is 13.1. The molecule has 1 aromatic rings. The topological polar surface area (TPSA) is 56.8 Å². The molecular weight excluding hydrogens is 272 g/mol. The Morgan fingerprint density at radius 1 is 1.40 bits per heavy atom. The number of halogens is 2. The zero-order valence-electron chi connectivity index (χ0n) is 10.7. The van der Waals surface area contributed by atoms with Crippen LogP contribution in [-0.4, -0.2) is 32.0 Å². The summed E-state index contributed by atoms with van der Waals surface area (Å²) >= 11 is 0. The van der Waals surface area contributed by atoms with Gasteiger partial charge in [0.05, 0.1) is 7.11 Å². The standard InChI is InChI=1S/C13H13F2NO4/c1-18-12(17)9-4-8(6-16-9)7-2-3-10-11(5-7)20-13(14,15)19-10/h2-3,5,8-9,16H,4,6H2,1H3. The van der Waals surface area contributed by atoms with Crippen molar-refractivity contribution in [2.45, 2.75) is 24.7 Å². The number of benzene rings is 1. The zero-order chi connectivity index (χ0) is 14.3. The second-order valence-corrected chi connectivity index (χ2v) is 4.79. The molecule has 108 valence electrons. The van der Waals surface area contributed by atoms with E-state index in [1.54, 1.807) is 6.07 Å². The Morgan fingerprint density at radius 3 is 2.90 bits per heavy atom. The molecule has 1 N–H and O–H groups in total. The van der Waals surface area contributed by atoms with Crippen LogP contribution in [0.3, 0.4) is 0 Å².